The van der Waals surface area contributed by atoms with Gasteiger partial charge in [0.2, 0.25) is 0 Å². The van der Waals surface area contributed by atoms with Gasteiger partial charge in [-0.05, 0) is 24.1 Å². The molecule has 27 heavy (non-hydrogen) atoms. The Labute approximate surface area is 156 Å². The number of halogens is 1. The summed E-state index contributed by atoms with van der Waals surface area (Å²) >= 11 is 0. The van der Waals surface area contributed by atoms with Gasteiger partial charge in [-0.1, -0.05) is 13.8 Å². The predicted molar refractivity (Wildman–Crippen MR) is 99.5 cm³/mol. The standard InChI is InChI=1S/C18H24FN7O/c1-11(2)16(17-20-10-21-26(17)4)24-18(27)25(3)8-7-15-22-13-6-5-12(19)9-14(13)23-15/h5-6,9-11,16H,7-8H2,1-4H3,(H,22,23)(H,24,27)/t16-/m1/s1. The Balaban J connectivity index is 1.61. The maximum absolute atomic E-state index is 13.3. The van der Waals surface area contributed by atoms with Crippen LogP contribution < -0.4 is 5.32 Å². The lowest BCUT2D eigenvalue weighted by atomic mass is 10.0. The number of carbonyl (C=O) groups is 1. The number of hydrogen-bond donors (Lipinski definition) is 2. The zero-order chi connectivity index (χ0) is 19.6. The molecule has 0 aliphatic carbocycles. The summed E-state index contributed by atoms with van der Waals surface area (Å²) in [6.07, 6.45) is 2.02. The first-order valence-electron chi connectivity index (χ1n) is 8.85. The maximum atomic E-state index is 13.3. The van der Waals surface area contributed by atoms with Gasteiger partial charge in [0.05, 0.1) is 17.1 Å². The molecule has 2 heterocycles. The number of H-pyrrole nitrogens is 1. The summed E-state index contributed by atoms with van der Waals surface area (Å²) in [6, 6.07) is 4.00. The van der Waals surface area contributed by atoms with Crippen LogP contribution in [-0.2, 0) is 13.5 Å². The number of likely N-dealkylation sites (N-methyl/N-ethyl adjacent to an activating group) is 1. The number of carbonyl (C=O) groups excluding carboxylic acids is 1. The zero-order valence-electron chi connectivity index (χ0n) is 15.9. The van der Waals surface area contributed by atoms with Gasteiger partial charge in [0, 0.05) is 27.1 Å². The lowest BCUT2D eigenvalue weighted by molar-refractivity contribution is 0.199. The first-order chi connectivity index (χ1) is 12.8. The highest BCUT2D eigenvalue weighted by Crippen LogP contribution is 2.19. The average Bonchev–Trinajstić information content (AvgIpc) is 3.22. The van der Waals surface area contributed by atoms with Crippen molar-refractivity contribution in [2.45, 2.75) is 26.3 Å². The van der Waals surface area contributed by atoms with Crippen molar-refractivity contribution in [2.24, 2.45) is 13.0 Å². The second-order valence-electron chi connectivity index (χ2n) is 6.93. The quantitative estimate of drug-likeness (QED) is 0.694. The highest BCUT2D eigenvalue weighted by molar-refractivity contribution is 5.75. The summed E-state index contributed by atoms with van der Waals surface area (Å²) in [7, 11) is 3.53. The molecule has 0 aliphatic rings. The number of nitrogens with zero attached hydrogens (tertiary/aromatic N) is 5. The molecule has 2 aromatic heterocycles. The molecule has 3 aromatic rings. The molecule has 144 valence electrons. The fourth-order valence-corrected chi connectivity index (χ4v) is 2.89. The number of urea groups is 1. The van der Waals surface area contributed by atoms with Crippen molar-refractivity contribution in [3.8, 4) is 0 Å². The molecule has 2 N–H and O–H groups in total. The highest BCUT2D eigenvalue weighted by atomic mass is 19.1. The van der Waals surface area contributed by atoms with E-state index >= 15 is 0 Å². The molecule has 1 aromatic carbocycles. The van der Waals surface area contributed by atoms with E-state index in [4.69, 9.17) is 0 Å². The molecular formula is C18H24FN7O. The van der Waals surface area contributed by atoms with Gasteiger partial charge in [-0.15, -0.1) is 0 Å². The number of aromatic nitrogens is 5. The van der Waals surface area contributed by atoms with Gasteiger partial charge in [0.1, 0.15) is 23.8 Å². The van der Waals surface area contributed by atoms with Crippen LogP contribution in [0, 0.1) is 11.7 Å². The van der Waals surface area contributed by atoms with Crippen LogP contribution in [0.5, 0.6) is 0 Å². The van der Waals surface area contributed by atoms with E-state index in [0.717, 1.165) is 0 Å². The van der Waals surface area contributed by atoms with E-state index in [1.165, 1.54) is 18.5 Å². The van der Waals surface area contributed by atoms with Crippen molar-refractivity contribution in [3.63, 3.8) is 0 Å². The van der Waals surface area contributed by atoms with Crippen LogP contribution in [-0.4, -0.2) is 49.3 Å². The van der Waals surface area contributed by atoms with Gasteiger partial charge >= 0.3 is 6.03 Å². The SMILES string of the molecule is CC(C)[C@@H](NC(=O)N(C)CCc1nc2ccc(F)cc2[nH]1)c1ncnn1C. The smallest absolute Gasteiger partial charge is 0.317 e. The number of amides is 2. The number of imidazole rings is 1. The Bertz CT molecular complexity index is 933. The normalized spacial score (nSPS) is 12.5. The van der Waals surface area contributed by atoms with Crippen LogP contribution in [0.2, 0.25) is 0 Å². The molecule has 0 saturated carbocycles. The number of nitrogens with one attached hydrogen (secondary N) is 2. The van der Waals surface area contributed by atoms with Crippen molar-refractivity contribution in [1.29, 1.82) is 0 Å². The molecule has 8 nitrogen and oxygen atoms in total. The van der Waals surface area contributed by atoms with Gasteiger partial charge in [0.15, 0.2) is 0 Å². The molecule has 0 bridgehead atoms. The third-order valence-electron chi connectivity index (χ3n) is 4.49. The van der Waals surface area contributed by atoms with Gasteiger partial charge in [0.25, 0.3) is 0 Å². The molecule has 0 spiro atoms. The molecule has 0 unspecified atom stereocenters. The second-order valence-corrected chi connectivity index (χ2v) is 6.93. The summed E-state index contributed by atoms with van der Waals surface area (Å²) in [5, 5.41) is 7.09. The third-order valence-corrected chi connectivity index (χ3v) is 4.49. The first-order valence-corrected chi connectivity index (χ1v) is 8.85. The van der Waals surface area contributed by atoms with Crippen LogP contribution >= 0.6 is 0 Å². The monoisotopic (exact) mass is 373 g/mol. The number of fused-ring (bicyclic) bond motifs is 1. The Kier molecular flexibility index (Phi) is 5.38. The minimum Gasteiger partial charge on any atom is -0.342 e. The van der Waals surface area contributed by atoms with Gasteiger partial charge < -0.3 is 15.2 Å². The van der Waals surface area contributed by atoms with Crippen LogP contribution in [0.25, 0.3) is 11.0 Å². The summed E-state index contributed by atoms with van der Waals surface area (Å²) in [4.78, 5) is 25.9. The molecule has 3 rings (SSSR count). The lowest BCUT2D eigenvalue weighted by Crippen LogP contribution is -2.42. The van der Waals surface area contributed by atoms with E-state index in [1.807, 2.05) is 13.8 Å². The minimum absolute atomic E-state index is 0.163. The van der Waals surface area contributed by atoms with E-state index in [1.54, 1.807) is 29.7 Å². The molecular weight excluding hydrogens is 349 g/mol. The zero-order valence-corrected chi connectivity index (χ0v) is 15.9. The summed E-state index contributed by atoms with van der Waals surface area (Å²) in [5.41, 5.74) is 1.36. The fourth-order valence-electron chi connectivity index (χ4n) is 2.89. The molecule has 0 fully saturated rings. The Morgan fingerprint density at radius 3 is 2.85 bits per heavy atom. The van der Waals surface area contributed by atoms with Crippen molar-refractivity contribution in [1.82, 2.24) is 34.9 Å². The largest absolute Gasteiger partial charge is 0.342 e. The average molecular weight is 373 g/mol. The van der Waals surface area contributed by atoms with E-state index in [-0.39, 0.29) is 23.8 Å². The van der Waals surface area contributed by atoms with E-state index in [2.05, 4.69) is 25.4 Å². The van der Waals surface area contributed by atoms with E-state index < -0.39 is 0 Å². The minimum atomic E-state index is -0.308. The summed E-state index contributed by atoms with van der Waals surface area (Å²) in [5.74, 6) is 1.28. The van der Waals surface area contributed by atoms with E-state index in [0.29, 0.717) is 35.6 Å². The van der Waals surface area contributed by atoms with Gasteiger partial charge in [-0.25, -0.2) is 19.2 Å². The van der Waals surface area contributed by atoms with Gasteiger partial charge in [-0.3, -0.25) is 4.68 Å². The number of rotatable bonds is 6. The predicted octanol–water partition coefficient (Wildman–Crippen LogP) is 2.41. The molecule has 0 aliphatic heterocycles. The molecule has 2 amide bonds. The van der Waals surface area contributed by atoms with E-state index in [9.17, 15) is 9.18 Å². The number of benzene rings is 1. The van der Waals surface area contributed by atoms with Crippen molar-refractivity contribution >= 4 is 17.1 Å². The van der Waals surface area contributed by atoms with Crippen molar-refractivity contribution in [3.05, 3.63) is 42.0 Å². The molecule has 0 radical (unpaired) electrons. The van der Waals surface area contributed by atoms with Gasteiger partial charge in [-0.2, -0.15) is 5.10 Å². The second kappa shape index (κ2) is 7.73. The van der Waals surface area contributed by atoms with Crippen molar-refractivity contribution in [2.75, 3.05) is 13.6 Å². The topological polar surface area (TPSA) is 91.7 Å². The van der Waals surface area contributed by atoms with Crippen LogP contribution in [0.3, 0.4) is 0 Å². The Morgan fingerprint density at radius 2 is 2.19 bits per heavy atom. The van der Waals surface area contributed by atoms with Crippen molar-refractivity contribution < 1.29 is 9.18 Å². The summed E-state index contributed by atoms with van der Waals surface area (Å²) in [6.45, 7) is 4.51. The summed E-state index contributed by atoms with van der Waals surface area (Å²) < 4.78 is 14.9. The Hall–Kier alpha value is -2.97. The van der Waals surface area contributed by atoms with Crippen LogP contribution in [0.1, 0.15) is 31.5 Å². The fraction of sp³-hybridized carbons (Fsp3) is 0.444. The number of aryl methyl sites for hydroxylation is 1. The third kappa shape index (κ3) is 4.24. The van der Waals surface area contributed by atoms with Crippen LogP contribution in [0.15, 0.2) is 24.5 Å². The highest BCUT2D eigenvalue weighted by Gasteiger charge is 2.24. The number of aromatic amines is 1. The first kappa shape index (κ1) is 18.8. The molecule has 9 heteroatoms. The Morgan fingerprint density at radius 1 is 1.41 bits per heavy atom. The maximum Gasteiger partial charge on any atom is 0.317 e. The van der Waals surface area contributed by atoms with Crippen LogP contribution in [0.4, 0.5) is 9.18 Å². The molecule has 0 saturated heterocycles. The number of hydrogen-bond acceptors (Lipinski definition) is 4. The lowest BCUT2D eigenvalue weighted by Gasteiger charge is -2.25. The molecule has 1 atom stereocenters.